The number of amides is 1. The van der Waals surface area contributed by atoms with Crippen LogP contribution in [0.5, 0.6) is 5.75 Å². The molecule has 1 fully saturated rings. The first kappa shape index (κ1) is 24.2. The first-order chi connectivity index (χ1) is 15.1. The largest absolute Gasteiger partial charge is 0.491 e. The number of hydrogen-bond acceptors (Lipinski definition) is 7. The molecule has 0 radical (unpaired) electrons. The van der Waals surface area contributed by atoms with Crippen molar-refractivity contribution in [1.29, 1.82) is 0 Å². The van der Waals surface area contributed by atoms with Crippen LogP contribution in [0, 0.1) is 13.8 Å². The molecule has 1 saturated heterocycles. The average molecular weight is 445 g/mol. The van der Waals surface area contributed by atoms with Gasteiger partial charge in [-0.15, -0.1) is 0 Å². The second-order valence-electron chi connectivity index (χ2n) is 9.64. The molecule has 1 amide bonds. The van der Waals surface area contributed by atoms with Crippen LogP contribution in [0.3, 0.4) is 0 Å². The third kappa shape index (κ3) is 7.05. The normalized spacial score (nSPS) is 16.7. The number of benzene rings is 1. The van der Waals surface area contributed by atoms with Gasteiger partial charge in [0, 0.05) is 38.8 Å². The zero-order chi connectivity index (χ0) is 23.3. The standard InChI is InChI=1S/C24H36N4O4/c1-17-12-19(24(3,4)5)6-7-21(17)31-16-20(29)14-27-8-10-28(11-9-27)15-23(30)25-22-13-18(2)32-26-22/h6-7,12-13,20,29H,8-11,14-16H2,1-5H3,(H,25,26,30)/t20-/m0/s1. The Morgan fingerprint density at radius 3 is 2.47 bits per heavy atom. The predicted octanol–water partition coefficient (Wildman–Crippen LogP) is 2.58. The summed E-state index contributed by atoms with van der Waals surface area (Å²) in [5, 5.41) is 17.0. The van der Waals surface area contributed by atoms with Gasteiger partial charge in [-0.05, 0) is 36.5 Å². The van der Waals surface area contributed by atoms with E-state index < -0.39 is 6.10 Å². The lowest BCUT2D eigenvalue weighted by atomic mass is 9.86. The van der Waals surface area contributed by atoms with Crippen LogP contribution in [0.25, 0.3) is 0 Å². The minimum Gasteiger partial charge on any atom is -0.491 e. The van der Waals surface area contributed by atoms with E-state index in [2.05, 4.69) is 53.2 Å². The smallest absolute Gasteiger partial charge is 0.239 e. The molecule has 1 atom stereocenters. The van der Waals surface area contributed by atoms with Crippen LogP contribution in [0.1, 0.15) is 37.7 Å². The molecule has 0 saturated carbocycles. The molecule has 2 N–H and O–H groups in total. The molecule has 32 heavy (non-hydrogen) atoms. The molecule has 0 aliphatic carbocycles. The summed E-state index contributed by atoms with van der Waals surface area (Å²) >= 11 is 0. The Balaban J connectivity index is 1.37. The molecule has 0 spiro atoms. The first-order valence-electron chi connectivity index (χ1n) is 11.2. The summed E-state index contributed by atoms with van der Waals surface area (Å²) < 4.78 is 10.8. The number of carbonyl (C=O) groups excluding carboxylic acids is 1. The van der Waals surface area contributed by atoms with Gasteiger partial charge in [-0.2, -0.15) is 0 Å². The number of aromatic nitrogens is 1. The number of aryl methyl sites for hydroxylation is 2. The fraction of sp³-hybridized carbons (Fsp3) is 0.583. The van der Waals surface area contributed by atoms with Gasteiger partial charge in [-0.1, -0.05) is 38.1 Å². The molecule has 2 aromatic rings. The Bertz CT molecular complexity index is 898. The summed E-state index contributed by atoms with van der Waals surface area (Å²) in [4.78, 5) is 16.5. The number of aliphatic hydroxyl groups is 1. The Kier molecular flexibility index (Phi) is 7.92. The van der Waals surface area contributed by atoms with E-state index in [9.17, 15) is 9.90 Å². The summed E-state index contributed by atoms with van der Waals surface area (Å²) in [6.07, 6.45) is -0.568. The third-order valence-electron chi connectivity index (χ3n) is 5.67. The molecule has 1 aliphatic heterocycles. The maximum Gasteiger partial charge on any atom is 0.239 e. The Morgan fingerprint density at radius 2 is 1.88 bits per heavy atom. The second-order valence-corrected chi connectivity index (χ2v) is 9.64. The predicted molar refractivity (Wildman–Crippen MR) is 124 cm³/mol. The molecule has 1 aromatic carbocycles. The number of hydrogen-bond donors (Lipinski definition) is 2. The maximum atomic E-state index is 12.2. The quantitative estimate of drug-likeness (QED) is 0.647. The van der Waals surface area contributed by atoms with Crippen LogP contribution in [0.15, 0.2) is 28.8 Å². The van der Waals surface area contributed by atoms with Gasteiger partial charge in [0.1, 0.15) is 24.2 Å². The number of ether oxygens (including phenoxy) is 1. The van der Waals surface area contributed by atoms with Gasteiger partial charge >= 0.3 is 0 Å². The second kappa shape index (κ2) is 10.5. The fourth-order valence-corrected chi connectivity index (χ4v) is 3.76. The fourth-order valence-electron chi connectivity index (χ4n) is 3.76. The number of nitrogens with one attached hydrogen (secondary N) is 1. The molecule has 8 nitrogen and oxygen atoms in total. The van der Waals surface area contributed by atoms with Crippen LogP contribution < -0.4 is 10.1 Å². The Hall–Kier alpha value is -2.42. The lowest BCUT2D eigenvalue weighted by molar-refractivity contribution is -0.117. The summed E-state index contributed by atoms with van der Waals surface area (Å²) in [5.41, 5.74) is 2.45. The number of rotatable bonds is 8. The van der Waals surface area contributed by atoms with Gasteiger partial charge < -0.3 is 19.7 Å². The van der Waals surface area contributed by atoms with Crippen molar-refractivity contribution in [1.82, 2.24) is 15.0 Å². The van der Waals surface area contributed by atoms with Crippen LogP contribution in [0.4, 0.5) is 5.82 Å². The third-order valence-corrected chi connectivity index (χ3v) is 5.67. The zero-order valence-electron chi connectivity index (χ0n) is 19.9. The summed E-state index contributed by atoms with van der Waals surface area (Å²) in [5.74, 6) is 1.81. The lowest BCUT2D eigenvalue weighted by Gasteiger charge is -2.35. The minimum atomic E-state index is -0.568. The Morgan fingerprint density at radius 1 is 1.19 bits per heavy atom. The number of carbonyl (C=O) groups is 1. The molecular weight excluding hydrogens is 408 g/mol. The Labute approximate surface area is 190 Å². The van der Waals surface area contributed by atoms with Gasteiger partial charge in [-0.25, -0.2) is 0 Å². The average Bonchev–Trinajstić information content (AvgIpc) is 3.12. The van der Waals surface area contributed by atoms with Gasteiger partial charge in [0.05, 0.1) is 6.54 Å². The molecule has 2 heterocycles. The lowest BCUT2D eigenvalue weighted by Crippen LogP contribution is -2.50. The van der Waals surface area contributed by atoms with Crippen molar-refractivity contribution in [3.63, 3.8) is 0 Å². The molecule has 1 aliphatic rings. The number of nitrogens with zero attached hydrogens (tertiary/aromatic N) is 3. The minimum absolute atomic E-state index is 0.0980. The summed E-state index contributed by atoms with van der Waals surface area (Å²) in [6, 6.07) is 7.93. The van der Waals surface area contributed by atoms with Gasteiger partial charge in [0.25, 0.3) is 0 Å². The SMILES string of the molecule is Cc1cc(NC(=O)CN2CCN(C[C@H](O)COc3ccc(C(C)(C)C)cc3C)CC2)no1. The molecule has 8 heteroatoms. The van der Waals surface area contributed by atoms with Crippen molar-refractivity contribution in [3.8, 4) is 5.75 Å². The van der Waals surface area contributed by atoms with E-state index in [4.69, 9.17) is 9.26 Å². The first-order valence-corrected chi connectivity index (χ1v) is 11.2. The highest BCUT2D eigenvalue weighted by Crippen LogP contribution is 2.27. The molecule has 0 unspecified atom stereocenters. The highest BCUT2D eigenvalue weighted by molar-refractivity contribution is 5.91. The van der Waals surface area contributed by atoms with Crippen LogP contribution >= 0.6 is 0 Å². The topological polar surface area (TPSA) is 91.1 Å². The number of β-amino-alcohol motifs (C(OH)–C–C–N with tert-alkyl or cyclic N) is 1. The van der Waals surface area contributed by atoms with E-state index in [1.54, 1.807) is 13.0 Å². The highest BCUT2D eigenvalue weighted by atomic mass is 16.5. The maximum absolute atomic E-state index is 12.2. The summed E-state index contributed by atoms with van der Waals surface area (Å²) in [6.45, 7) is 14.7. The van der Waals surface area contributed by atoms with E-state index in [1.165, 1.54) is 5.56 Å². The van der Waals surface area contributed by atoms with Crippen molar-refractivity contribution in [2.75, 3.05) is 51.2 Å². The number of piperazine rings is 1. The molecule has 176 valence electrons. The van der Waals surface area contributed by atoms with Crippen molar-refractivity contribution in [2.45, 2.75) is 46.1 Å². The monoisotopic (exact) mass is 444 g/mol. The van der Waals surface area contributed by atoms with Crippen LogP contribution in [0.2, 0.25) is 0 Å². The van der Waals surface area contributed by atoms with Crippen molar-refractivity contribution < 1.29 is 19.2 Å². The van der Waals surface area contributed by atoms with Crippen molar-refractivity contribution in [2.24, 2.45) is 0 Å². The van der Waals surface area contributed by atoms with Crippen molar-refractivity contribution >= 4 is 11.7 Å². The summed E-state index contributed by atoms with van der Waals surface area (Å²) in [7, 11) is 0. The molecular formula is C24H36N4O4. The molecule has 1 aromatic heterocycles. The number of anilines is 1. The zero-order valence-corrected chi connectivity index (χ0v) is 19.9. The van der Waals surface area contributed by atoms with E-state index >= 15 is 0 Å². The van der Waals surface area contributed by atoms with E-state index in [-0.39, 0.29) is 17.9 Å². The van der Waals surface area contributed by atoms with Crippen molar-refractivity contribution in [3.05, 3.63) is 41.2 Å². The van der Waals surface area contributed by atoms with Gasteiger partial charge in [0.2, 0.25) is 5.91 Å². The van der Waals surface area contributed by atoms with Crippen LogP contribution in [-0.4, -0.2) is 77.9 Å². The highest BCUT2D eigenvalue weighted by Gasteiger charge is 2.22. The molecule has 0 bridgehead atoms. The van der Waals surface area contributed by atoms with Gasteiger partial charge in [-0.3, -0.25) is 14.6 Å². The van der Waals surface area contributed by atoms with E-state index in [1.807, 2.05) is 13.0 Å². The molecule has 3 rings (SSSR count). The van der Waals surface area contributed by atoms with Crippen LogP contribution in [-0.2, 0) is 10.2 Å². The number of aliphatic hydroxyl groups excluding tert-OH is 1. The van der Waals surface area contributed by atoms with E-state index in [0.717, 1.165) is 37.5 Å². The van der Waals surface area contributed by atoms with E-state index in [0.29, 0.717) is 24.7 Å². The van der Waals surface area contributed by atoms with Gasteiger partial charge in [0.15, 0.2) is 5.82 Å².